The van der Waals surface area contributed by atoms with Gasteiger partial charge in [0.25, 0.3) is 0 Å². The summed E-state index contributed by atoms with van der Waals surface area (Å²) in [6.07, 6.45) is 5.19. The molecule has 124 valence electrons. The number of likely N-dealkylation sites (tertiary alicyclic amines) is 2. The summed E-state index contributed by atoms with van der Waals surface area (Å²) in [6, 6.07) is -0.389. The number of hydrogen-bond acceptors (Lipinski definition) is 3. The SMILES string of the molecule is CCCC(=O)N1CCCCC1C(=O)N1CCC[C@H](C(=O)O)C1. The first-order valence-electron chi connectivity index (χ1n) is 8.35. The summed E-state index contributed by atoms with van der Waals surface area (Å²) in [5.41, 5.74) is 0. The van der Waals surface area contributed by atoms with E-state index < -0.39 is 11.9 Å². The molecule has 1 unspecified atom stereocenters. The van der Waals surface area contributed by atoms with E-state index in [1.54, 1.807) is 9.80 Å². The third-order valence-electron chi connectivity index (χ3n) is 4.65. The molecule has 2 amide bonds. The fraction of sp³-hybridized carbons (Fsp3) is 0.812. The summed E-state index contributed by atoms with van der Waals surface area (Å²) in [7, 11) is 0. The Balaban J connectivity index is 2.05. The Kier molecular flexibility index (Phi) is 5.80. The van der Waals surface area contributed by atoms with Crippen LogP contribution in [-0.2, 0) is 14.4 Å². The molecule has 6 nitrogen and oxygen atoms in total. The number of carbonyl (C=O) groups is 3. The van der Waals surface area contributed by atoms with E-state index in [9.17, 15) is 14.4 Å². The quantitative estimate of drug-likeness (QED) is 0.853. The normalized spacial score (nSPS) is 25.9. The van der Waals surface area contributed by atoms with Gasteiger partial charge >= 0.3 is 5.97 Å². The average molecular weight is 310 g/mol. The van der Waals surface area contributed by atoms with Gasteiger partial charge in [0.2, 0.25) is 11.8 Å². The van der Waals surface area contributed by atoms with E-state index in [1.165, 1.54) is 0 Å². The van der Waals surface area contributed by atoms with Crippen molar-refractivity contribution in [3.63, 3.8) is 0 Å². The molecular formula is C16H26N2O4. The molecule has 0 radical (unpaired) electrons. The largest absolute Gasteiger partial charge is 0.481 e. The Morgan fingerprint density at radius 3 is 2.55 bits per heavy atom. The van der Waals surface area contributed by atoms with Crippen molar-refractivity contribution >= 4 is 17.8 Å². The summed E-state index contributed by atoms with van der Waals surface area (Å²) in [4.78, 5) is 39.5. The van der Waals surface area contributed by atoms with Gasteiger partial charge in [0, 0.05) is 26.1 Å². The second-order valence-electron chi connectivity index (χ2n) is 6.31. The van der Waals surface area contributed by atoms with Crippen LogP contribution in [0.25, 0.3) is 0 Å². The van der Waals surface area contributed by atoms with Crippen molar-refractivity contribution in [1.82, 2.24) is 9.80 Å². The van der Waals surface area contributed by atoms with Crippen LogP contribution in [0.5, 0.6) is 0 Å². The minimum absolute atomic E-state index is 0.0485. The molecular weight excluding hydrogens is 284 g/mol. The molecule has 2 rings (SSSR count). The van der Waals surface area contributed by atoms with E-state index in [-0.39, 0.29) is 24.4 Å². The minimum atomic E-state index is -0.833. The van der Waals surface area contributed by atoms with Crippen LogP contribution in [0.15, 0.2) is 0 Å². The van der Waals surface area contributed by atoms with E-state index >= 15 is 0 Å². The van der Waals surface area contributed by atoms with Crippen LogP contribution in [-0.4, -0.2) is 58.4 Å². The maximum atomic E-state index is 12.8. The number of carboxylic acid groups (broad SMARTS) is 1. The highest BCUT2D eigenvalue weighted by Crippen LogP contribution is 2.23. The summed E-state index contributed by atoms with van der Waals surface area (Å²) in [5.74, 6) is -1.32. The van der Waals surface area contributed by atoms with Gasteiger partial charge in [-0.2, -0.15) is 0 Å². The molecule has 0 bridgehead atoms. The van der Waals surface area contributed by atoms with Crippen molar-refractivity contribution < 1.29 is 19.5 Å². The van der Waals surface area contributed by atoms with Gasteiger partial charge in [-0.15, -0.1) is 0 Å². The summed E-state index contributed by atoms with van der Waals surface area (Å²) in [6.45, 7) is 3.49. The molecule has 2 saturated heterocycles. The number of carbonyl (C=O) groups excluding carboxylic acids is 2. The zero-order valence-electron chi connectivity index (χ0n) is 13.3. The molecule has 2 fully saturated rings. The Morgan fingerprint density at radius 2 is 1.86 bits per heavy atom. The van der Waals surface area contributed by atoms with Crippen molar-refractivity contribution in [2.75, 3.05) is 19.6 Å². The predicted octanol–water partition coefficient (Wildman–Crippen LogP) is 1.49. The summed E-state index contributed by atoms with van der Waals surface area (Å²) >= 11 is 0. The zero-order chi connectivity index (χ0) is 16.1. The molecule has 22 heavy (non-hydrogen) atoms. The first-order chi connectivity index (χ1) is 10.5. The van der Waals surface area contributed by atoms with E-state index in [0.29, 0.717) is 32.4 Å². The Morgan fingerprint density at radius 1 is 1.09 bits per heavy atom. The molecule has 2 heterocycles. The molecule has 2 atom stereocenters. The highest BCUT2D eigenvalue weighted by atomic mass is 16.4. The van der Waals surface area contributed by atoms with E-state index in [4.69, 9.17) is 5.11 Å². The van der Waals surface area contributed by atoms with Crippen LogP contribution in [0.2, 0.25) is 0 Å². The molecule has 0 spiro atoms. The van der Waals surface area contributed by atoms with Gasteiger partial charge in [0.15, 0.2) is 0 Å². The number of amides is 2. The fourth-order valence-corrected chi connectivity index (χ4v) is 3.43. The predicted molar refractivity (Wildman–Crippen MR) is 81.2 cm³/mol. The van der Waals surface area contributed by atoms with Crippen LogP contribution in [0.3, 0.4) is 0 Å². The lowest BCUT2D eigenvalue weighted by Gasteiger charge is -2.39. The summed E-state index contributed by atoms with van der Waals surface area (Å²) < 4.78 is 0. The van der Waals surface area contributed by atoms with Crippen molar-refractivity contribution in [1.29, 1.82) is 0 Å². The third-order valence-corrected chi connectivity index (χ3v) is 4.65. The molecule has 1 N–H and O–H groups in total. The first-order valence-corrected chi connectivity index (χ1v) is 8.35. The molecule has 2 aliphatic heterocycles. The Hall–Kier alpha value is -1.59. The zero-order valence-corrected chi connectivity index (χ0v) is 13.3. The van der Waals surface area contributed by atoms with Gasteiger partial charge in [-0.3, -0.25) is 14.4 Å². The standard InChI is InChI=1S/C16H26N2O4/c1-2-6-14(19)18-10-4-3-8-13(18)15(20)17-9-5-7-12(11-17)16(21)22/h12-13H,2-11H2,1H3,(H,21,22)/t12-,13?/m0/s1. The van der Waals surface area contributed by atoms with Gasteiger partial charge < -0.3 is 14.9 Å². The smallest absolute Gasteiger partial charge is 0.308 e. The highest BCUT2D eigenvalue weighted by molar-refractivity contribution is 5.88. The first kappa shape index (κ1) is 16.8. The Labute approximate surface area is 131 Å². The molecule has 2 aliphatic rings. The monoisotopic (exact) mass is 310 g/mol. The van der Waals surface area contributed by atoms with E-state index in [0.717, 1.165) is 25.7 Å². The minimum Gasteiger partial charge on any atom is -0.481 e. The lowest BCUT2D eigenvalue weighted by Crippen LogP contribution is -2.55. The maximum absolute atomic E-state index is 12.8. The average Bonchev–Trinajstić information content (AvgIpc) is 2.54. The van der Waals surface area contributed by atoms with Crippen molar-refractivity contribution in [2.45, 2.75) is 57.9 Å². The van der Waals surface area contributed by atoms with Gasteiger partial charge in [-0.1, -0.05) is 6.92 Å². The van der Waals surface area contributed by atoms with Gasteiger partial charge in [0.05, 0.1) is 5.92 Å². The van der Waals surface area contributed by atoms with Crippen LogP contribution < -0.4 is 0 Å². The summed E-state index contributed by atoms with van der Waals surface area (Å²) in [5, 5.41) is 9.16. The highest BCUT2D eigenvalue weighted by Gasteiger charge is 2.37. The number of nitrogens with zero attached hydrogens (tertiary/aromatic N) is 2. The topological polar surface area (TPSA) is 77.9 Å². The van der Waals surface area contributed by atoms with E-state index in [2.05, 4.69) is 0 Å². The molecule has 0 aromatic heterocycles. The van der Waals surface area contributed by atoms with Crippen molar-refractivity contribution in [2.24, 2.45) is 5.92 Å². The number of hydrogen-bond donors (Lipinski definition) is 1. The number of carboxylic acids is 1. The third kappa shape index (κ3) is 3.78. The van der Waals surface area contributed by atoms with Crippen molar-refractivity contribution in [3.8, 4) is 0 Å². The van der Waals surface area contributed by atoms with Crippen LogP contribution in [0.4, 0.5) is 0 Å². The number of piperidine rings is 2. The van der Waals surface area contributed by atoms with Crippen molar-refractivity contribution in [3.05, 3.63) is 0 Å². The number of rotatable bonds is 4. The second-order valence-corrected chi connectivity index (χ2v) is 6.31. The maximum Gasteiger partial charge on any atom is 0.308 e. The second kappa shape index (κ2) is 7.61. The molecule has 0 aromatic rings. The fourth-order valence-electron chi connectivity index (χ4n) is 3.43. The van der Waals surface area contributed by atoms with Gasteiger partial charge in [-0.25, -0.2) is 0 Å². The molecule has 0 aromatic carbocycles. The van der Waals surface area contributed by atoms with E-state index in [1.807, 2.05) is 6.92 Å². The van der Waals surface area contributed by atoms with Gasteiger partial charge in [-0.05, 0) is 38.5 Å². The lowest BCUT2D eigenvalue weighted by atomic mass is 9.95. The van der Waals surface area contributed by atoms with Crippen LogP contribution in [0.1, 0.15) is 51.9 Å². The molecule has 0 aliphatic carbocycles. The van der Waals surface area contributed by atoms with Gasteiger partial charge in [0.1, 0.15) is 6.04 Å². The lowest BCUT2D eigenvalue weighted by molar-refractivity contribution is -0.152. The van der Waals surface area contributed by atoms with Crippen LogP contribution in [0, 0.1) is 5.92 Å². The van der Waals surface area contributed by atoms with Crippen LogP contribution >= 0.6 is 0 Å². The number of aliphatic carboxylic acids is 1. The molecule has 6 heteroatoms. The Bertz CT molecular complexity index is 438. The molecule has 0 saturated carbocycles.